The van der Waals surface area contributed by atoms with Crippen LogP contribution in [0.1, 0.15) is 31.2 Å². The van der Waals surface area contributed by atoms with Crippen molar-refractivity contribution < 1.29 is 22.7 Å². The van der Waals surface area contributed by atoms with Crippen LogP contribution in [-0.2, 0) is 15.7 Å². The molecule has 0 radical (unpaired) electrons. The van der Waals surface area contributed by atoms with E-state index in [0.717, 1.165) is 31.7 Å². The van der Waals surface area contributed by atoms with E-state index in [2.05, 4.69) is 32.6 Å². The fraction of sp³-hybridized carbons (Fsp3) is 0.688. The zero-order valence-corrected chi connectivity index (χ0v) is 16.2. The van der Waals surface area contributed by atoms with E-state index in [0.29, 0.717) is 36.7 Å². The Morgan fingerprint density at radius 3 is 2.62 bits per heavy atom. The molecule has 2 saturated heterocycles. The molecule has 0 N–H and O–H groups in total. The van der Waals surface area contributed by atoms with Gasteiger partial charge in [0.15, 0.2) is 0 Å². The van der Waals surface area contributed by atoms with Crippen molar-refractivity contribution >= 4 is 34.4 Å². The van der Waals surface area contributed by atoms with Gasteiger partial charge in [-0.15, -0.1) is 0 Å². The second-order valence-electron chi connectivity index (χ2n) is 6.38. The molecule has 10 heteroatoms. The number of ether oxygens (including phenoxy) is 1. The Bertz CT molecular complexity index is 629. The first kappa shape index (κ1) is 19.6. The summed E-state index contributed by atoms with van der Waals surface area (Å²) in [7, 11) is 0. The molecule has 2 fully saturated rings. The molecule has 1 aromatic heterocycles. The van der Waals surface area contributed by atoms with Crippen LogP contribution in [-0.4, -0.2) is 57.2 Å². The van der Waals surface area contributed by atoms with E-state index in [1.54, 1.807) is 0 Å². The molecule has 0 spiro atoms. The standard InChI is InChI=1S/C16H20F3IN4O2/c17-16(18,19)11-8-21-15(22-9-11)24-5-1-2-12-13(24)3-6-23(12)14(25)4-7-26-10-20/h8-9,12-13H,1-7,10H2/t12-,13-/m1/s1. The van der Waals surface area contributed by atoms with Gasteiger partial charge in [0.2, 0.25) is 11.9 Å². The van der Waals surface area contributed by atoms with E-state index in [-0.39, 0.29) is 18.0 Å². The Labute approximate surface area is 163 Å². The van der Waals surface area contributed by atoms with Crippen LogP contribution in [0.2, 0.25) is 0 Å². The Hall–Kier alpha value is -1.17. The highest BCUT2D eigenvalue weighted by atomic mass is 127. The zero-order valence-electron chi connectivity index (χ0n) is 14.1. The summed E-state index contributed by atoms with van der Waals surface area (Å²) in [5.74, 6) is 0.368. The maximum atomic E-state index is 12.7. The highest BCUT2D eigenvalue weighted by Gasteiger charge is 2.43. The van der Waals surface area contributed by atoms with Gasteiger partial charge >= 0.3 is 6.18 Å². The molecule has 0 aromatic carbocycles. The molecule has 1 aromatic rings. The van der Waals surface area contributed by atoms with Crippen molar-refractivity contribution in [3.63, 3.8) is 0 Å². The van der Waals surface area contributed by atoms with Gasteiger partial charge in [-0.05, 0) is 19.3 Å². The zero-order chi connectivity index (χ0) is 18.7. The van der Waals surface area contributed by atoms with Gasteiger partial charge in [-0.2, -0.15) is 13.2 Å². The lowest BCUT2D eigenvalue weighted by atomic mass is 9.97. The number of hydrogen-bond donors (Lipinski definition) is 0. The molecule has 2 aliphatic heterocycles. The topological polar surface area (TPSA) is 58.6 Å². The van der Waals surface area contributed by atoms with Crippen molar-refractivity contribution in [2.75, 3.05) is 29.2 Å². The quantitative estimate of drug-likeness (QED) is 0.366. The second-order valence-corrected chi connectivity index (χ2v) is 7.01. The first-order valence-corrected chi connectivity index (χ1v) is 10.0. The minimum absolute atomic E-state index is 0.0509. The molecule has 0 unspecified atom stereocenters. The number of nitrogens with zero attached hydrogens (tertiary/aromatic N) is 4. The molecule has 144 valence electrons. The van der Waals surface area contributed by atoms with E-state index >= 15 is 0 Å². The Balaban J connectivity index is 1.69. The third-order valence-corrected chi connectivity index (χ3v) is 5.33. The second kappa shape index (κ2) is 8.24. The summed E-state index contributed by atoms with van der Waals surface area (Å²) < 4.78 is 43.9. The minimum Gasteiger partial charge on any atom is -0.371 e. The van der Waals surface area contributed by atoms with Gasteiger partial charge in [-0.3, -0.25) is 4.79 Å². The lowest BCUT2D eigenvalue weighted by molar-refractivity contribution is -0.138. The Morgan fingerprint density at radius 2 is 1.96 bits per heavy atom. The number of likely N-dealkylation sites (tertiary alicyclic amines) is 1. The van der Waals surface area contributed by atoms with Crippen LogP contribution in [0.3, 0.4) is 0 Å². The van der Waals surface area contributed by atoms with Gasteiger partial charge in [0, 0.05) is 25.5 Å². The molecule has 1 amide bonds. The highest BCUT2D eigenvalue weighted by Crippen LogP contribution is 2.34. The lowest BCUT2D eigenvalue weighted by Crippen LogP contribution is -2.51. The van der Waals surface area contributed by atoms with Gasteiger partial charge in [0.1, 0.15) is 0 Å². The number of alkyl halides is 4. The van der Waals surface area contributed by atoms with Crippen molar-refractivity contribution in [1.82, 2.24) is 14.9 Å². The first-order chi connectivity index (χ1) is 12.4. The van der Waals surface area contributed by atoms with Gasteiger partial charge in [-0.1, -0.05) is 22.6 Å². The molecule has 0 aliphatic carbocycles. The number of piperidine rings is 1. The number of hydrogen-bond acceptors (Lipinski definition) is 5. The van der Waals surface area contributed by atoms with Gasteiger partial charge in [0.05, 0.1) is 35.3 Å². The summed E-state index contributed by atoms with van der Waals surface area (Å²) in [5.41, 5.74) is -0.853. The van der Waals surface area contributed by atoms with Crippen LogP contribution < -0.4 is 4.90 Å². The summed E-state index contributed by atoms with van der Waals surface area (Å²) in [6.45, 7) is 1.74. The summed E-state index contributed by atoms with van der Waals surface area (Å²) >= 11 is 2.09. The molecule has 0 saturated carbocycles. The lowest BCUT2D eigenvalue weighted by Gasteiger charge is -2.40. The summed E-state index contributed by atoms with van der Waals surface area (Å²) in [6.07, 6.45) is 0.0626. The number of carbonyl (C=O) groups excluding carboxylic acids is 1. The molecule has 3 rings (SSSR count). The highest BCUT2D eigenvalue weighted by molar-refractivity contribution is 14.1. The van der Waals surface area contributed by atoms with Crippen molar-refractivity contribution in [1.29, 1.82) is 0 Å². The number of fused-ring (bicyclic) bond motifs is 1. The summed E-state index contributed by atoms with van der Waals surface area (Å²) in [4.78, 5) is 24.1. The van der Waals surface area contributed by atoms with Gasteiger partial charge < -0.3 is 14.5 Å². The summed E-state index contributed by atoms with van der Waals surface area (Å²) in [6, 6.07) is 0.108. The molecular formula is C16H20F3IN4O2. The predicted octanol–water partition coefficient (Wildman–Crippen LogP) is 2.86. The summed E-state index contributed by atoms with van der Waals surface area (Å²) in [5, 5.41) is 0. The SMILES string of the molecule is O=C(CCOCI)N1CC[C@@H]2[C@H]1CCCN2c1ncc(C(F)(F)F)cn1. The number of carbonyl (C=O) groups is 1. The number of rotatable bonds is 5. The van der Waals surface area contributed by atoms with Crippen LogP contribution in [0.5, 0.6) is 0 Å². The number of anilines is 1. The maximum absolute atomic E-state index is 12.7. The number of amides is 1. The molecule has 2 atom stereocenters. The monoisotopic (exact) mass is 484 g/mol. The van der Waals surface area contributed by atoms with Crippen molar-refractivity contribution in [3.05, 3.63) is 18.0 Å². The third kappa shape index (κ3) is 4.21. The van der Waals surface area contributed by atoms with Crippen LogP contribution in [0.4, 0.5) is 19.1 Å². The van der Waals surface area contributed by atoms with E-state index in [1.165, 1.54) is 0 Å². The van der Waals surface area contributed by atoms with Crippen LogP contribution in [0.15, 0.2) is 12.4 Å². The number of aromatic nitrogens is 2. The molecule has 3 heterocycles. The van der Waals surface area contributed by atoms with E-state index in [4.69, 9.17) is 4.74 Å². The average molecular weight is 484 g/mol. The average Bonchev–Trinajstić information content (AvgIpc) is 3.05. The number of halogens is 4. The maximum Gasteiger partial charge on any atom is 0.419 e. The normalized spacial score (nSPS) is 23.2. The smallest absolute Gasteiger partial charge is 0.371 e. The van der Waals surface area contributed by atoms with Gasteiger partial charge in [-0.25, -0.2) is 9.97 Å². The van der Waals surface area contributed by atoms with Crippen molar-refractivity contribution in [3.8, 4) is 0 Å². The minimum atomic E-state index is -4.44. The molecule has 26 heavy (non-hydrogen) atoms. The molecule has 0 bridgehead atoms. The molecule has 2 aliphatic rings. The van der Waals surface area contributed by atoms with Crippen LogP contribution in [0.25, 0.3) is 0 Å². The van der Waals surface area contributed by atoms with Gasteiger partial charge in [0.25, 0.3) is 0 Å². The fourth-order valence-electron chi connectivity index (χ4n) is 3.72. The fourth-order valence-corrected chi connectivity index (χ4v) is 4.03. The molecule has 6 nitrogen and oxygen atoms in total. The van der Waals surface area contributed by atoms with E-state index in [9.17, 15) is 18.0 Å². The first-order valence-electron chi connectivity index (χ1n) is 8.51. The Kier molecular flexibility index (Phi) is 6.21. The van der Waals surface area contributed by atoms with Crippen LogP contribution in [0, 0.1) is 0 Å². The van der Waals surface area contributed by atoms with Crippen molar-refractivity contribution in [2.45, 2.75) is 43.9 Å². The predicted molar refractivity (Wildman–Crippen MR) is 97.0 cm³/mol. The van der Waals surface area contributed by atoms with Crippen LogP contribution >= 0.6 is 22.6 Å². The van der Waals surface area contributed by atoms with Crippen molar-refractivity contribution in [2.24, 2.45) is 0 Å². The van der Waals surface area contributed by atoms with E-state index < -0.39 is 11.7 Å². The van der Waals surface area contributed by atoms with E-state index in [1.807, 2.05) is 9.80 Å². The Morgan fingerprint density at radius 1 is 1.23 bits per heavy atom. The third-order valence-electron chi connectivity index (χ3n) is 4.89. The molecular weight excluding hydrogens is 464 g/mol. The largest absolute Gasteiger partial charge is 0.419 e.